The summed E-state index contributed by atoms with van der Waals surface area (Å²) in [5.41, 5.74) is 1.68. The number of hydrogen-bond donors (Lipinski definition) is 0. The van der Waals surface area contributed by atoms with Crippen molar-refractivity contribution in [1.82, 2.24) is 4.90 Å². The van der Waals surface area contributed by atoms with E-state index in [-0.39, 0.29) is 5.91 Å². The summed E-state index contributed by atoms with van der Waals surface area (Å²) in [6, 6.07) is 5.14. The van der Waals surface area contributed by atoms with E-state index in [1.165, 1.54) is 6.08 Å². The maximum Gasteiger partial charge on any atom is 0.246 e. The number of carbonyl (C=O) groups excluding carboxylic acids is 1. The largest absolute Gasteiger partial charge is 0.335 e. The Bertz CT molecular complexity index is 509. The van der Waals surface area contributed by atoms with E-state index in [9.17, 15) is 4.79 Å². The lowest BCUT2D eigenvalue weighted by molar-refractivity contribution is -0.125. The lowest BCUT2D eigenvalue weighted by Crippen LogP contribution is -2.30. The summed E-state index contributed by atoms with van der Waals surface area (Å²) in [7, 11) is 0. The molecular formula is C15H17Cl2NO. The highest BCUT2D eigenvalue weighted by Gasteiger charge is 2.08. The Morgan fingerprint density at radius 3 is 2.68 bits per heavy atom. The first-order valence-electron chi connectivity index (χ1n) is 6.00. The topological polar surface area (TPSA) is 20.3 Å². The van der Waals surface area contributed by atoms with E-state index in [0.29, 0.717) is 23.1 Å². The zero-order valence-corrected chi connectivity index (χ0v) is 12.6. The van der Waals surface area contributed by atoms with Crippen LogP contribution < -0.4 is 0 Å². The molecule has 0 saturated heterocycles. The number of nitrogens with zero attached hydrogens (tertiary/aromatic N) is 1. The van der Waals surface area contributed by atoms with Gasteiger partial charge in [0.05, 0.1) is 0 Å². The Labute approximate surface area is 124 Å². The van der Waals surface area contributed by atoms with Gasteiger partial charge in [-0.15, -0.1) is 0 Å². The molecule has 1 aromatic carbocycles. The molecule has 0 aliphatic carbocycles. The van der Waals surface area contributed by atoms with Crippen LogP contribution in [0.4, 0.5) is 0 Å². The van der Waals surface area contributed by atoms with Gasteiger partial charge >= 0.3 is 0 Å². The first-order chi connectivity index (χ1) is 8.93. The van der Waals surface area contributed by atoms with Crippen molar-refractivity contribution in [3.63, 3.8) is 0 Å². The van der Waals surface area contributed by atoms with Gasteiger partial charge in [0.1, 0.15) is 0 Å². The minimum atomic E-state index is -0.0680. The molecule has 0 aliphatic rings. The minimum Gasteiger partial charge on any atom is -0.335 e. The standard InChI is InChI=1S/C15H17Cl2NO/c1-4-18(10-11(2)3)15(19)8-5-12-9-13(16)6-7-14(12)17/h5-9H,2,4,10H2,1,3H3/b8-5+. The van der Waals surface area contributed by atoms with E-state index in [4.69, 9.17) is 23.2 Å². The lowest BCUT2D eigenvalue weighted by atomic mass is 10.2. The molecule has 0 fully saturated rings. The molecule has 1 rings (SSSR count). The number of carbonyl (C=O) groups is 1. The fourth-order valence-electron chi connectivity index (χ4n) is 1.58. The van der Waals surface area contributed by atoms with Crippen LogP contribution in [0.25, 0.3) is 6.08 Å². The van der Waals surface area contributed by atoms with E-state index in [1.807, 2.05) is 13.8 Å². The van der Waals surface area contributed by atoms with Gasteiger partial charge < -0.3 is 4.90 Å². The van der Waals surface area contributed by atoms with E-state index in [2.05, 4.69) is 6.58 Å². The van der Waals surface area contributed by atoms with Crippen molar-refractivity contribution < 1.29 is 4.79 Å². The quantitative estimate of drug-likeness (QED) is 0.581. The normalized spacial score (nSPS) is 10.7. The van der Waals surface area contributed by atoms with Gasteiger partial charge in [0.25, 0.3) is 0 Å². The van der Waals surface area contributed by atoms with Crippen LogP contribution in [-0.2, 0) is 4.79 Å². The van der Waals surface area contributed by atoms with Gasteiger partial charge in [-0.1, -0.05) is 35.4 Å². The summed E-state index contributed by atoms with van der Waals surface area (Å²) in [6.07, 6.45) is 3.18. The monoisotopic (exact) mass is 297 g/mol. The Morgan fingerprint density at radius 1 is 1.42 bits per heavy atom. The van der Waals surface area contributed by atoms with Gasteiger partial charge in [0.2, 0.25) is 5.91 Å². The summed E-state index contributed by atoms with van der Waals surface area (Å²) in [5, 5.41) is 1.15. The number of hydrogen-bond acceptors (Lipinski definition) is 1. The van der Waals surface area contributed by atoms with Gasteiger partial charge in [0, 0.05) is 29.2 Å². The molecular weight excluding hydrogens is 281 g/mol. The molecule has 0 aliphatic heterocycles. The van der Waals surface area contributed by atoms with E-state index in [0.717, 1.165) is 11.1 Å². The van der Waals surface area contributed by atoms with Crippen molar-refractivity contribution >= 4 is 35.2 Å². The van der Waals surface area contributed by atoms with Crippen molar-refractivity contribution in [3.05, 3.63) is 52.0 Å². The average molecular weight is 298 g/mol. The summed E-state index contributed by atoms with van der Waals surface area (Å²) < 4.78 is 0. The van der Waals surface area contributed by atoms with Gasteiger partial charge in [-0.05, 0) is 43.7 Å². The first kappa shape index (κ1) is 15.8. The maximum absolute atomic E-state index is 12.0. The second-order valence-electron chi connectivity index (χ2n) is 4.31. The number of rotatable bonds is 5. The summed E-state index contributed by atoms with van der Waals surface area (Å²) in [6.45, 7) is 8.84. The zero-order chi connectivity index (χ0) is 14.4. The Morgan fingerprint density at radius 2 is 2.11 bits per heavy atom. The van der Waals surface area contributed by atoms with Crippen LogP contribution in [0.15, 0.2) is 36.4 Å². The van der Waals surface area contributed by atoms with E-state index in [1.54, 1.807) is 29.2 Å². The van der Waals surface area contributed by atoms with Gasteiger partial charge in [-0.25, -0.2) is 0 Å². The molecule has 0 N–H and O–H groups in total. The van der Waals surface area contributed by atoms with Crippen LogP contribution in [0.5, 0.6) is 0 Å². The molecule has 0 bridgehead atoms. The van der Waals surface area contributed by atoms with Crippen LogP contribution in [-0.4, -0.2) is 23.9 Å². The Hall–Kier alpha value is -1.25. The molecule has 1 amide bonds. The molecule has 0 radical (unpaired) electrons. The highest BCUT2D eigenvalue weighted by atomic mass is 35.5. The molecule has 2 nitrogen and oxygen atoms in total. The maximum atomic E-state index is 12.0. The lowest BCUT2D eigenvalue weighted by Gasteiger charge is -2.18. The van der Waals surface area contributed by atoms with Crippen LogP contribution in [0.2, 0.25) is 10.0 Å². The number of halogens is 2. The zero-order valence-electron chi connectivity index (χ0n) is 11.1. The van der Waals surface area contributed by atoms with Gasteiger partial charge in [0.15, 0.2) is 0 Å². The summed E-state index contributed by atoms with van der Waals surface area (Å²) in [5.74, 6) is -0.0680. The van der Waals surface area contributed by atoms with E-state index >= 15 is 0 Å². The molecule has 1 aromatic rings. The fraction of sp³-hybridized carbons (Fsp3) is 0.267. The Kier molecular flexibility index (Phi) is 6.13. The minimum absolute atomic E-state index is 0.0680. The van der Waals surface area contributed by atoms with Crippen LogP contribution in [0, 0.1) is 0 Å². The molecule has 19 heavy (non-hydrogen) atoms. The third-order valence-electron chi connectivity index (χ3n) is 2.52. The van der Waals surface area contributed by atoms with Crippen molar-refractivity contribution in [2.24, 2.45) is 0 Å². The molecule has 0 aromatic heterocycles. The van der Waals surface area contributed by atoms with Gasteiger partial charge in [-0.2, -0.15) is 0 Å². The average Bonchev–Trinajstić information content (AvgIpc) is 2.36. The second kappa shape index (κ2) is 7.37. The molecule has 0 spiro atoms. The van der Waals surface area contributed by atoms with Crippen LogP contribution in [0.3, 0.4) is 0 Å². The van der Waals surface area contributed by atoms with Gasteiger partial charge in [-0.3, -0.25) is 4.79 Å². The second-order valence-corrected chi connectivity index (χ2v) is 5.15. The fourth-order valence-corrected chi connectivity index (χ4v) is 1.94. The third kappa shape index (κ3) is 5.09. The number of amides is 1. The highest BCUT2D eigenvalue weighted by Crippen LogP contribution is 2.21. The predicted molar refractivity (Wildman–Crippen MR) is 82.6 cm³/mol. The number of benzene rings is 1. The molecule has 4 heteroatoms. The van der Waals surface area contributed by atoms with Crippen molar-refractivity contribution in [3.8, 4) is 0 Å². The highest BCUT2D eigenvalue weighted by molar-refractivity contribution is 6.34. The summed E-state index contributed by atoms with van der Waals surface area (Å²) >= 11 is 11.9. The first-order valence-corrected chi connectivity index (χ1v) is 6.76. The van der Waals surface area contributed by atoms with Crippen LogP contribution in [0.1, 0.15) is 19.4 Å². The van der Waals surface area contributed by atoms with Crippen molar-refractivity contribution in [1.29, 1.82) is 0 Å². The predicted octanol–water partition coefficient (Wildman–Crippen LogP) is 4.43. The molecule has 0 atom stereocenters. The SMILES string of the molecule is C=C(C)CN(CC)C(=O)/C=C/c1cc(Cl)ccc1Cl. The van der Waals surface area contributed by atoms with Crippen LogP contribution >= 0.6 is 23.2 Å². The molecule has 0 heterocycles. The molecule has 0 saturated carbocycles. The molecule has 0 unspecified atom stereocenters. The Balaban J connectivity index is 2.82. The van der Waals surface area contributed by atoms with Crippen molar-refractivity contribution in [2.45, 2.75) is 13.8 Å². The smallest absolute Gasteiger partial charge is 0.246 e. The van der Waals surface area contributed by atoms with E-state index < -0.39 is 0 Å². The van der Waals surface area contributed by atoms with Crippen molar-refractivity contribution in [2.75, 3.05) is 13.1 Å². The summed E-state index contributed by atoms with van der Waals surface area (Å²) in [4.78, 5) is 13.7. The third-order valence-corrected chi connectivity index (χ3v) is 3.10. The molecule has 102 valence electrons. The number of likely N-dealkylation sites (N-methyl/N-ethyl adjacent to an activating group) is 1.